The molecule has 0 amide bonds. The Morgan fingerprint density at radius 3 is 2.26 bits per heavy atom. The zero-order chi connectivity index (χ0) is 14.8. The summed E-state index contributed by atoms with van der Waals surface area (Å²) in [4.78, 5) is 2.41. The molecule has 0 aliphatic rings. The first-order valence-corrected chi connectivity index (χ1v) is 7.61. The summed E-state index contributed by atoms with van der Waals surface area (Å²) in [6.45, 7) is 19.6. The fraction of sp³-hybridized carbons (Fsp3) is 0.667. The Morgan fingerprint density at radius 1 is 1.16 bits per heavy atom. The van der Waals surface area contributed by atoms with E-state index >= 15 is 0 Å². The smallest absolute Gasteiger partial charge is 0.0358 e. The van der Waals surface area contributed by atoms with Gasteiger partial charge in [-0.1, -0.05) is 50.6 Å². The van der Waals surface area contributed by atoms with E-state index in [9.17, 15) is 0 Å². The van der Waals surface area contributed by atoms with Crippen molar-refractivity contribution in [2.75, 3.05) is 13.1 Å². The van der Waals surface area contributed by atoms with Gasteiger partial charge in [-0.25, -0.2) is 0 Å². The van der Waals surface area contributed by atoms with Gasteiger partial charge in [0.2, 0.25) is 0 Å². The molecule has 0 aromatic carbocycles. The number of hydrogen-bond donors (Lipinski definition) is 0. The lowest BCUT2D eigenvalue weighted by atomic mass is 10.1. The molecule has 0 unspecified atom stereocenters. The Bertz CT molecular complexity index is 317. The maximum atomic E-state index is 4.22. The molecule has 1 nitrogen and oxygen atoms in total. The summed E-state index contributed by atoms with van der Waals surface area (Å²) in [6, 6.07) is 0. The summed E-state index contributed by atoms with van der Waals surface area (Å²) in [6.07, 6.45) is 8.18. The van der Waals surface area contributed by atoms with E-state index in [1.807, 2.05) is 0 Å². The third kappa shape index (κ3) is 8.69. The van der Waals surface area contributed by atoms with Gasteiger partial charge in [0.25, 0.3) is 0 Å². The molecule has 0 aliphatic carbocycles. The number of allylic oxidation sites excluding steroid dienone is 4. The van der Waals surface area contributed by atoms with Crippen LogP contribution in [0.2, 0.25) is 0 Å². The second-order valence-electron chi connectivity index (χ2n) is 5.96. The molecule has 0 heterocycles. The molecule has 0 bridgehead atoms. The minimum absolute atomic E-state index is 0.533. The van der Waals surface area contributed by atoms with Crippen molar-refractivity contribution in [1.29, 1.82) is 0 Å². The highest BCUT2D eigenvalue weighted by molar-refractivity contribution is 5.06. The quantitative estimate of drug-likeness (QED) is 0.492. The highest BCUT2D eigenvalue weighted by Crippen LogP contribution is 2.14. The van der Waals surface area contributed by atoms with Crippen molar-refractivity contribution in [2.24, 2.45) is 5.92 Å². The Labute approximate surface area is 121 Å². The molecule has 0 spiro atoms. The summed E-state index contributed by atoms with van der Waals surface area (Å²) in [7, 11) is 0. The predicted octanol–water partition coefficient (Wildman–Crippen LogP) is 5.56. The van der Waals surface area contributed by atoms with E-state index < -0.39 is 0 Å². The molecular weight excluding hydrogens is 230 g/mol. The summed E-state index contributed by atoms with van der Waals surface area (Å²) in [5.74, 6) is 0.533. The van der Waals surface area contributed by atoms with Crippen LogP contribution in [0.1, 0.15) is 60.8 Å². The Hall–Kier alpha value is -0.980. The van der Waals surface area contributed by atoms with Crippen LogP contribution in [0.3, 0.4) is 0 Å². The van der Waals surface area contributed by atoms with Gasteiger partial charge in [0.1, 0.15) is 0 Å². The summed E-state index contributed by atoms with van der Waals surface area (Å²) in [5, 5.41) is 0. The van der Waals surface area contributed by atoms with Crippen molar-refractivity contribution >= 4 is 0 Å². The van der Waals surface area contributed by atoms with Crippen LogP contribution in [0.15, 0.2) is 35.6 Å². The molecule has 19 heavy (non-hydrogen) atoms. The van der Waals surface area contributed by atoms with E-state index in [0.717, 1.165) is 19.5 Å². The predicted molar refractivity (Wildman–Crippen MR) is 88.3 cm³/mol. The van der Waals surface area contributed by atoms with E-state index in [4.69, 9.17) is 0 Å². The van der Waals surface area contributed by atoms with Crippen molar-refractivity contribution in [2.45, 2.75) is 60.8 Å². The minimum atomic E-state index is 0.533. The van der Waals surface area contributed by atoms with Crippen LogP contribution in [0, 0.1) is 5.92 Å². The van der Waals surface area contributed by atoms with Crippen molar-refractivity contribution in [3.8, 4) is 0 Å². The van der Waals surface area contributed by atoms with Gasteiger partial charge in [0.05, 0.1) is 0 Å². The van der Waals surface area contributed by atoms with Crippen LogP contribution in [0.5, 0.6) is 0 Å². The van der Waals surface area contributed by atoms with E-state index in [-0.39, 0.29) is 0 Å². The van der Waals surface area contributed by atoms with Crippen LogP contribution in [0.25, 0.3) is 0 Å². The number of nitrogens with zero attached hydrogens (tertiary/aromatic N) is 1. The lowest BCUT2D eigenvalue weighted by Crippen LogP contribution is -2.26. The van der Waals surface area contributed by atoms with E-state index in [1.54, 1.807) is 0 Å². The van der Waals surface area contributed by atoms with E-state index in [2.05, 4.69) is 65.2 Å². The normalized spacial score (nSPS) is 11.6. The number of hydrogen-bond acceptors (Lipinski definition) is 1. The van der Waals surface area contributed by atoms with Crippen LogP contribution < -0.4 is 0 Å². The van der Waals surface area contributed by atoms with Crippen LogP contribution in [-0.2, 0) is 0 Å². The first kappa shape index (κ1) is 18.0. The van der Waals surface area contributed by atoms with Crippen LogP contribution >= 0.6 is 0 Å². The zero-order valence-corrected chi connectivity index (χ0v) is 13.9. The van der Waals surface area contributed by atoms with Crippen molar-refractivity contribution in [1.82, 2.24) is 4.90 Å². The van der Waals surface area contributed by atoms with Gasteiger partial charge < -0.3 is 4.90 Å². The Kier molecular flexibility index (Phi) is 9.38. The Morgan fingerprint density at radius 2 is 1.79 bits per heavy atom. The molecule has 0 rings (SSSR count). The van der Waals surface area contributed by atoms with Gasteiger partial charge in [0, 0.05) is 18.8 Å². The first-order valence-electron chi connectivity index (χ1n) is 7.61. The molecule has 0 fully saturated rings. The highest BCUT2D eigenvalue weighted by atomic mass is 15.1. The fourth-order valence-corrected chi connectivity index (χ4v) is 1.94. The largest absolute Gasteiger partial charge is 0.371 e. The molecule has 0 atom stereocenters. The lowest BCUT2D eigenvalue weighted by molar-refractivity contribution is 0.344. The van der Waals surface area contributed by atoms with E-state index in [0.29, 0.717) is 5.92 Å². The molecule has 0 N–H and O–H groups in total. The second-order valence-corrected chi connectivity index (χ2v) is 5.96. The van der Waals surface area contributed by atoms with Gasteiger partial charge in [-0.2, -0.15) is 0 Å². The van der Waals surface area contributed by atoms with Gasteiger partial charge in [0.15, 0.2) is 0 Å². The minimum Gasteiger partial charge on any atom is -0.371 e. The van der Waals surface area contributed by atoms with E-state index in [1.165, 1.54) is 29.7 Å². The van der Waals surface area contributed by atoms with Gasteiger partial charge in [-0.15, -0.1) is 0 Å². The molecule has 0 saturated carbocycles. The number of rotatable bonds is 9. The van der Waals surface area contributed by atoms with Crippen molar-refractivity contribution in [3.05, 3.63) is 35.6 Å². The SMILES string of the molecule is C=C(C(C)C)N(C/C=C(/C)CCC=C(C)C)CCC. The average Bonchev–Trinajstić information content (AvgIpc) is 2.32. The van der Waals surface area contributed by atoms with Crippen LogP contribution in [-0.4, -0.2) is 18.0 Å². The average molecular weight is 263 g/mol. The first-order chi connectivity index (χ1) is 8.88. The van der Waals surface area contributed by atoms with Gasteiger partial charge >= 0.3 is 0 Å². The molecule has 0 radical (unpaired) electrons. The molecule has 0 aliphatic heterocycles. The molecular formula is C18H33N. The maximum absolute atomic E-state index is 4.22. The molecule has 1 heteroatoms. The molecule has 0 aromatic rings. The zero-order valence-electron chi connectivity index (χ0n) is 13.9. The van der Waals surface area contributed by atoms with Crippen molar-refractivity contribution < 1.29 is 0 Å². The van der Waals surface area contributed by atoms with Gasteiger partial charge in [-0.3, -0.25) is 0 Å². The topological polar surface area (TPSA) is 3.24 Å². The maximum Gasteiger partial charge on any atom is 0.0358 e. The lowest BCUT2D eigenvalue weighted by Gasteiger charge is -2.27. The summed E-state index contributed by atoms with van der Waals surface area (Å²) in [5.41, 5.74) is 4.15. The highest BCUT2D eigenvalue weighted by Gasteiger charge is 2.08. The second kappa shape index (κ2) is 9.89. The van der Waals surface area contributed by atoms with Crippen molar-refractivity contribution in [3.63, 3.8) is 0 Å². The third-order valence-corrected chi connectivity index (χ3v) is 3.32. The molecule has 0 saturated heterocycles. The van der Waals surface area contributed by atoms with Gasteiger partial charge in [-0.05, 0) is 46.0 Å². The molecule has 110 valence electrons. The van der Waals surface area contributed by atoms with Crippen LogP contribution in [0.4, 0.5) is 0 Å². The summed E-state index contributed by atoms with van der Waals surface area (Å²) >= 11 is 0. The monoisotopic (exact) mass is 263 g/mol. The molecule has 0 aromatic heterocycles. The fourth-order valence-electron chi connectivity index (χ4n) is 1.94. The summed E-state index contributed by atoms with van der Waals surface area (Å²) < 4.78 is 0. The third-order valence-electron chi connectivity index (χ3n) is 3.32. The standard InChI is InChI=1S/C18H33N/c1-8-13-19(18(7)16(4)5)14-12-17(6)11-9-10-15(2)3/h10,12,16H,7-9,11,13-14H2,1-6H3/b17-12-. The Balaban J connectivity index is 4.36.